The summed E-state index contributed by atoms with van der Waals surface area (Å²) in [5.74, 6) is 0.531. The van der Waals surface area contributed by atoms with Gasteiger partial charge in [0.1, 0.15) is 5.82 Å². The van der Waals surface area contributed by atoms with E-state index >= 15 is 0 Å². The normalized spacial score (nSPS) is 16.3. The first-order valence-electron chi connectivity index (χ1n) is 9.98. The molecule has 6 nitrogen and oxygen atoms in total. The molecule has 1 aliphatic rings. The van der Waals surface area contributed by atoms with Gasteiger partial charge in [0.25, 0.3) is 5.56 Å². The van der Waals surface area contributed by atoms with Gasteiger partial charge in [0.2, 0.25) is 5.91 Å². The predicted molar refractivity (Wildman–Crippen MR) is 120 cm³/mol. The number of nitrogens with one attached hydrogen (secondary N) is 1. The summed E-state index contributed by atoms with van der Waals surface area (Å²) >= 11 is 6.07. The summed E-state index contributed by atoms with van der Waals surface area (Å²) in [7, 11) is 0. The number of anilines is 2. The number of amides is 1. The van der Waals surface area contributed by atoms with E-state index in [1.807, 2.05) is 31.2 Å². The third-order valence-corrected chi connectivity index (χ3v) is 5.48. The molecule has 1 N–H and O–H groups in total. The lowest BCUT2D eigenvalue weighted by Gasteiger charge is -2.33. The molecule has 0 radical (unpaired) electrons. The average Bonchev–Trinajstić information content (AvgIpc) is 2.74. The topological polar surface area (TPSA) is 67.2 Å². The van der Waals surface area contributed by atoms with E-state index in [0.717, 1.165) is 30.6 Å². The summed E-state index contributed by atoms with van der Waals surface area (Å²) in [6, 6.07) is 18.0. The highest BCUT2D eigenvalue weighted by Gasteiger charge is 2.27. The second-order valence-corrected chi connectivity index (χ2v) is 8.00. The Morgan fingerprint density at radius 3 is 2.77 bits per heavy atom. The Morgan fingerprint density at radius 2 is 1.97 bits per heavy atom. The van der Waals surface area contributed by atoms with E-state index in [-0.39, 0.29) is 17.4 Å². The van der Waals surface area contributed by atoms with E-state index < -0.39 is 0 Å². The Labute approximate surface area is 180 Å². The number of hydrogen-bond acceptors (Lipinski definition) is 4. The van der Waals surface area contributed by atoms with E-state index in [0.29, 0.717) is 23.1 Å². The lowest BCUT2D eigenvalue weighted by atomic mass is 9.97. The van der Waals surface area contributed by atoms with Crippen LogP contribution >= 0.6 is 11.6 Å². The van der Waals surface area contributed by atoms with Crippen LogP contribution in [0.3, 0.4) is 0 Å². The number of halogens is 1. The van der Waals surface area contributed by atoms with Crippen molar-refractivity contribution < 1.29 is 4.79 Å². The van der Waals surface area contributed by atoms with Crippen LogP contribution in [-0.4, -0.2) is 28.8 Å². The van der Waals surface area contributed by atoms with E-state index in [4.69, 9.17) is 11.6 Å². The molecule has 1 aromatic heterocycles. The van der Waals surface area contributed by atoms with Crippen molar-refractivity contribution in [1.29, 1.82) is 0 Å². The van der Waals surface area contributed by atoms with Gasteiger partial charge in [-0.2, -0.15) is 4.68 Å². The number of aromatic nitrogens is 2. The number of rotatable bonds is 4. The fraction of sp³-hybridized carbons (Fsp3) is 0.261. The third kappa shape index (κ3) is 4.54. The molecule has 1 saturated heterocycles. The van der Waals surface area contributed by atoms with Crippen LogP contribution in [0.2, 0.25) is 5.02 Å². The Kier molecular flexibility index (Phi) is 5.86. The number of nitrogens with zero attached hydrogens (tertiary/aromatic N) is 3. The highest BCUT2D eigenvalue weighted by molar-refractivity contribution is 6.30. The summed E-state index contributed by atoms with van der Waals surface area (Å²) < 4.78 is 1.34. The van der Waals surface area contributed by atoms with Crippen molar-refractivity contribution in [2.75, 3.05) is 23.3 Å². The van der Waals surface area contributed by atoms with Gasteiger partial charge in [-0.15, -0.1) is 5.10 Å². The lowest BCUT2D eigenvalue weighted by molar-refractivity contribution is -0.120. The number of piperidine rings is 1. The first-order valence-corrected chi connectivity index (χ1v) is 10.4. The van der Waals surface area contributed by atoms with Crippen molar-refractivity contribution in [3.63, 3.8) is 0 Å². The monoisotopic (exact) mass is 422 g/mol. The molecule has 1 amide bonds. The number of benzene rings is 2. The standard InChI is InChI=1S/C23H23ClN4O2/c1-16-5-2-8-19(13-16)25-23(30)17-6-4-12-27(15-17)21-10-11-22(29)28(26-21)20-9-3-7-18(24)14-20/h2-3,5,7-11,13-14,17H,4,6,12,15H2,1H3,(H,25,30)/t17-/m1/s1. The van der Waals surface area contributed by atoms with Gasteiger partial charge < -0.3 is 10.2 Å². The number of aryl methyl sites for hydroxylation is 1. The van der Waals surface area contributed by atoms with Gasteiger partial charge in [-0.3, -0.25) is 9.59 Å². The van der Waals surface area contributed by atoms with Crippen LogP contribution in [-0.2, 0) is 4.79 Å². The van der Waals surface area contributed by atoms with Gasteiger partial charge in [-0.1, -0.05) is 29.8 Å². The molecule has 2 heterocycles. The van der Waals surface area contributed by atoms with Crippen molar-refractivity contribution in [2.45, 2.75) is 19.8 Å². The molecular weight excluding hydrogens is 400 g/mol. The zero-order valence-electron chi connectivity index (χ0n) is 16.7. The molecule has 2 aromatic carbocycles. The van der Waals surface area contributed by atoms with Crippen LogP contribution in [0.5, 0.6) is 0 Å². The van der Waals surface area contributed by atoms with Gasteiger partial charge in [0, 0.05) is 29.9 Å². The zero-order chi connectivity index (χ0) is 21.1. The first kappa shape index (κ1) is 20.2. The van der Waals surface area contributed by atoms with E-state index in [1.54, 1.807) is 30.3 Å². The molecule has 0 bridgehead atoms. The molecular formula is C23H23ClN4O2. The summed E-state index contributed by atoms with van der Waals surface area (Å²) in [4.78, 5) is 27.2. The Bertz CT molecular complexity index is 1130. The highest BCUT2D eigenvalue weighted by Crippen LogP contribution is 2.23. The van der Waals surface area contributed by atoms with Crippen molar-refractivity contribution in [2.24, 2.45) is 5.92 Å². The molecule has 0 aliphatic carbocycles. The van der Waals surface area contributed by atoms with Gasteiger partial charge in [-0.25, -0.2) is 0 Å². The predicted octanol–water partition coefficient (Wildman–Crippen LogP) is 4.05. The Hall–Kier alpha value is -3.12. The van der Waals surface area contributed by atoms with Crippen molar-refractivity contribution >= 4 is 29.0 Å². The first-order chi connectivity index (χ1) is 14.5. The van der Waals surface area contributed by atoms with Gasteiger partial charge in [-0.05, 0) is 61.7 Å². The molecule has 1 fully saturated rings. The average molecular weight is 423 g/mol. The minimum atomic E-state index is -0.230. The Balaban J connectivity index is 1.52. The second kappa shape index (κ2) is 8.71. The molecule has 0 spiro atoms. The number of carbonyl (C=O) groups excluding carboxylic acids is 1. The second-order valence-electron chi connectivity index (χ2n) is 7.57. The molecule has 0 saturated carbocycles. The van der Waals surface area contributed by atoms with Gasteiger partial charge in [0.05, 0.1) is 11.6 Å². The van der Waals surface area contributed by atoms with Gasteiger partial charge >= 0.3 is 0 Å². The molecule has 154 valence electrons. The van der Waals surface area contributed by atoms with Crippen molar-refractivity contribution in [3.8, 4) is 5.69 Å². The molecule has 1 atom stereocenters. The minimum Gasteiger partial charge on any atom is -0.354 e. The third-order valence-electron chi connectivity index (χ3n) is 5.24. The Morgan fingerprint density at radius 1 is 1.13 bits per heavy atom. The maximum Gasteiger partial charge on any atom is 0.271 e. The van der Waals surface area contributed by atoms with Crippen molar-refractivity contribution in [3.05, 3.63) is 81.6 Å². The molecule has 1 aliphatic heterocycles. The van der Waals surface area contributed by atoms with Crippen LogP contribution in [0.25, 0.3) is 5.69 Å². The summed E-state index contributed by atoms with van der Waals surface area (Å²) in [5.41, 5.74) is 2.29. The smallest absolute Gasteiger partial charge is 0.271 e. The largest absolute Gasteiger partial charge is 0.354 e. The quantitative estimate of drug-likeness (QED) is 0.688. The van der Waals surface area contributed by atoms with Crippen LogP contribution in [0.4, 0.5) is 11.5 Å². The summed E-state index contributed by atoms with van der Waals surface area (Å²) in [6.07, 6.45) is 1.70. The van der Waals surface area contributed by atoms with Crippen LogP contribution < -0.4 is 15.8 Å². The van der Waals surface area contributed by atoms with E-state index in [9.17, 15) is 9.59 Å². The highest BCUT2D eigenvalue weighted by atomic mass is 35.5. The van der Waals surface area contributed by atoms with E-state index in [2.05, 4.69) is 15.3 Å². The molecule has 3 aromatic rings. The zero-order valence-corrected chi connectivity index (χ0v) is 17.5. The summed E-state index contributed by atoms with van der Waals surface area (Å²) in [5, 5.41) is 8.10. The van der Waals surface area contributed by atoms with Gasteiger partial charge in [0.15, 0.2) is 0 Å². The number of hydrogen-bond donors (Lipinski definition) is 1. The molecule has 7 heteroatoms. The maximum atomic E-state index is 12.8. The fourth-order valence-electron chi connectivity index (χ4n) is 3.73. The summed E-state index contributed by atoms with van der Waals surface area (Å²) in [6.45, 7) is 3.34. The van der Waals surface area contributed by atoms with Crippen LogP contribution in [0.1, 0.15) is 18.4 Å². The van der Waals surface area contributed by atoms with E-state index in [1.165, 1.54) is 10.7 Å². The molecule has 30 heavy (non-hydrogen) atoms. The lowest BCUT2D eigenvalue weighted by Crippen LogP contribution is -2.41. The SMILES string of the molecule is Cc1cccc(NC(=O)[C@@H]2CCCN(c3ccc(=O)n(-c4cccc(Cl)c4)n3)C2)c1. The van der Waals surface area contributed by atoms with Crippen molar-refractivity contribution in [1.82, 2.24) is 9.78 Å². The maximum absolute atomic E-state index is 12.8. The molecule has 4 rings (SSSR count). The van der Waals surface area contributed by atoms with Crippen LogP contribution in [0.15, 0.2) is 65.5 Å². The fourth-order valence-corrected chi connectivity index (χ4v) is 3.91. The molecule has 0 unspecified atom stereocenters. The number of carbonyl (C=O) groups is 1. The minimum absolute atomic E-state index is 0.00784. The van der Waals surface area contributed by atoms with Crippen LogP contribution in [0, 0.1) is 12.8 Å².